The van der Waals surface area contributed by atoms with Crippen LogP contribution in [0.15, 0.2) is 33.9 Å². The molecule has 1 aliphatic heterocycles. The second-order valence-electron chi connectivity index (χ2n) is 9.11. The van der Waals surface area contributed by atoms with Crippen molar-refractivity contribution >= 4 is 27.5 Å². The first-order chi connectivity index (χ1) is 17.5. The van der Waals surface area contributed by atoms with Gasteiger partial charge in [0.1, 0.15) is 10.6 Å². The van der Waals surface area contributed by atoms with Crippen LogP contribution < -0.4 is 16.0 Å². The van der Waals surface area contributed by atoms with Gasteiger partial charge in [0, 0.05) is 26.2 Å². The number of methoxy groups -OCH3 is 1. The third-order valence-corrected chi connectivity index (χ3v) is 7.94. The highest BCUT2D eigenvalue weighted by molar-refractivity contribution is 7.20. The summed E-state index contributed by atoms with van der Waals surface area (Å²) in [5, 5.41) is 9.84. The topological polar surface area (TPSA) is 93.8 Å². The summed E-state index contributed by atoms with van der Waals surface area (Å²) in [5.74, 6) is 0.288. The predicted octanol–water partition coefficient (Wildman–Crippen LogP) is 3.33. The van der Waals surface area contributed by atoms with Crippen molar-refractivity contribution in [1.82, 2.24) is 14.0 Å². The number of benzene rings is 1. The van der Waals surface area contributed by atoms with Crippen LogP contribution in [0.5, 0.6) is 5.75 Å². The number of carbonyl (C=O) groups is 1. The minimum absolute atomic E-state index is 0.0332. The number of likely N-dealkylation sites (tertiary alicyclic amines) is 1. The van der Waals surface area contributed by atoms with Gasteiger partial charge in [-0.25, -0.2) is 4.79 Å². The molecule has 1 aromatic carbocycles. The summed E-state index contributed by atoms with van der Waals surface area (Å²) < 4.78 is 46.3. The van der Waals surface area contributed by atoms with E-state index in [2.05, 4.69) is 0 Å². The molecule has 1 N–H and O–H groups in total. The monoisotopic (exact) mass is 539 g/mol. The van der Waals surface area contributed by atoms with Crippen molar-refractivity contribution in [1.29, 1.82) is 0 Å². The van der Waals surface area contributed by atoms with E-state index >= 15 is 0 Å². The first-order valence-electron chi connectivity index (χ1n) is 11.9. The van der Waals surface area contributed by atoms with Gasteiger partial charge in [0.05, 0.1) is 29.9 Å². The van der Waals surface area contributed by atoms with E-state index in [0.717, 1.165) is 26.0 Å². The average Bonchev–Trinajstić information content (AvgIpc) is 3.20. The van der Waals surface area contributed by atoms with Gasteiger partial charge in [-0.05, 0) is 49.4 Å². The maximum atomic E-state index is 13.5. The quantitative estimate of drug-likeness (QED) is 0.497. The molecule has 0 aliphatic carbocycles. The molecule has 1 aliphatic rings. The van der Waals surface area contributed by atoms with Crippen LogP contribution in [0.25, 0.3) is 10.2 Å². The number of nitrogens with zero attached hydrogens (tertiary/aromatic N) is 3. The normalized spacial score (nSPS) is 14.9. The Bertz CT molecular complexity index is 1400. The molecule has 1 amide bonds. The van der Waals surface area contributed by atoms with Crippen LogP contribution in [0.4, 0.5) is 13.2 Å². The number of ether oxygens (including phenoxy) is 1. The number of halogens is 3. The molecule has 1 fully saturated rings. The highest BCUT2D eigenvalue weighted by atomic mass is 32.1. The lowest BCUT2D eigenvalue weighted by Gasteiger charge is -2.29. The van der Waals surface area contributed by atoms with Gasteiger partial charge in [-0.2, -0.15) is 13.2 Å². The molecule has 2 aromatic heterocycles. The highest BCUT2D eigenvalue weighted by Gasteiger charge is 2.31. The lowest BCUT2D eigenvalue weighted by atomic mass is 10.1. The minimum atomic E-state index is -4.50. The Hall–Kier alpha value is -3.12. The Labute approximate surface area is 214 Å². The molecule has 0 unspecified atom stereocenters. The van der Waals surface area contributed by atoms with Crippen LogP contribution in [-0.2, 0) is 19.5 Å². The van der Waals surface area contributed by atoms with Crippen molar-refractivity contribution in [3.63, 3.8) is 0 Å². The zero-order valence-electron chi connectivity index (χ0n) is 20.5. The molecular weight excluding hydrogens is 511 g/mol. The van der Waals surface area contributed by atoms with Crippen molar-refractivity contribution in [2.45, 2.75) is 58.0 Å². The van der Waals surface area contributed by atoms with Crippen molar-refractivity contribution < 1.29 is 27.8 Å². The van der Waals surface area contributed by atoms with Gasteiger partial charge in [-0.15, -0.1) is 11.3 Å². The molecule has 1 saturated heterocycles. The average molecular weight is 540 g/mol. The molecule has 0 spiro atoms. The zero-order chi connectivity index (χ0) is 26.9. The van der Waals surface area contributed by atoms with Crippen LogP contribution in [0.3, 0.4) is 0 Å². The van der Waals surface area contributed by atoms with E-state index in [1.165, 1.54) is 7.11 Å². The summed E-state index contributed by atoms with van der Waals surface area (Å²) in [6.07, 6.45) is -5.10. The van der Waals surface area contributed by atoms with Crippen LogP contribution in [-0.4, -0.2) is 57.5 Å². The van der Waals surface area contributed by atoms with Gasteiger partial charge >= 0.3 is 11.9 Å². The largest absolute Gasteiger partial charge is 0.497 e. The fourth-order valence-corrected chi connectivity index (χ4v) is 5.76. The smallest absolute Gasteiger partial charge is 0.390 e. The number of hydrogen-bond acceptors (Lipinski definition) is 6. The zero-order valence-corrected chi connectivity index (χ0v) is 21.3. The number of alkyl halides is 3. The number of amides is 1. The van der Waals surface area contributed by atoms with Gasteiger partial charge in [-0.3, -0.25) is 18.7 Å². The van der Waals surface area contributed by atoms with Gasteiger partial charge in [0.25, 0.3) is 11.5 Å². The lowest BCUT2D eigenvalue weighted by molar-refractivity contribution is -0.136. The summed E-state index contributed by atoms with van der Waals surface area (Å²) in [6.45, 7) is 1.56. The Morgan fingerprint density at radius 1 is 1.11 bits per heavy atom. The maximum Gasteiger partial charge on any atom is 0.390 e. The minimum Gasteiger partial charge on any atom is -0.497 e. The number of aliphatic hydroxyl groups excluding tert-OH is 1. The predicted molar refractivity (Wildman–Crippen MR) is 134 cm³/mol. The second-order valence-corrected chi connectivity index (χ2v) is 10.1. The fraction of sp³-hybridized carbons (Fsp3) is 0.480. The molecule has 12 heteroatoms. The number of rotatable bonds is 7. The van der Waals surface area contributed by atoms with E-state index in [-0.39, 0.29) is 27.5 Å². The number of aliphatic hydroxyl groups is 1. The summed E-state index contributed by atoms with van der Waals surface area (Å²) in [7, 11) is 1.53. The Morgan fingerprint density at radius 3 is 2.35 bits per heavy atom. The van der Waals surface area contributed by atoms with E-state index in [9.17, 15) is 32.7 Å². The Balaban J connectivity index is 1.77. The van der Waals surface area contributed by atoms with Gasteiger partial charge in [0.2, 0.25) is 0 Å². The van der Waals surface area contributed by atoms with E-state index in [4.69, 9.17) is 4.74 Å². The van der Waals surface area contributed by atoms with E-state index in [1.54, 1.807) is 36.1 Å². The molecule has 3 aromatic rings. The third-order valence-electron chi connectivity index (χ3n) is 6.64. The van der Waals surface area contributed by atoms with Crippen molar-refractivity contribution in [2.75, 3.05) is 20.2 Å². The van der Waals surface area contributed by atoms with Crippen molar-refractivity contribution in [2.24, 2.45) is 0 Å². The molecule has 0 atom stereocenters. The maximum absolute atomic E-state index is 13.5. The summed E-state index contributed by atoms with van der Waals surface area (Å²) in [6, 6.07) is 7.05. The molecule has 37 heavy (non-hydrogen) atoms. The van der Waals surface area contributed by atoms with Crippen LogP contribution >= 0.6 is 11.3 Å². The SMILES string of the molecule is COc1ccc(CCn2c(=O)c3c(C)c(C(=O)N4CCC(O)CC4)sc3n(CCC(F)(F)F)c2=O)cc1. The highest BCUT2D eigenvalue weighted by Crippen LogP contribution is 2.31. The fourth-order valence-electron chi connectivity index (χ4n) is 4.48. The number of aryl methyl sites for hydroxylation is 3. The second kappa shape index (κ2) is 10.7. The first-order valence-corrected chi connectivity index (χ1v) is 12.8. The van der Waals surface area contributed by atoms with Crippen LogP contribution in [0.1, 0.15) is 40.1 Å². The third kappa shape index (κ3) is 5.74. The Morgan fingerprint density at radius 2 is 1.76 bits per heavy atom. The van der Waals surface area contributed by atoms with Gasteiger partial charge < -0.3 is 14.7 Å². The lowest BCUT2D eigenvalue weighted by Crippen LogP contribution is -2.41. The molecule has 0 saturated carbocycles. The molecular formula is C25H28F3N3O5S. The summed E-state index contributed by atoms with van der Waals surface area (Å²) in [4.78, 5) is 41.8. The first kappa shape index (κ1) is 26.9. The number of carbonyl (C=O) groups excluding carboxylic acids is 1. The molecule has 3 heterocycles. The van der Waals surface area contributed by atoms with Crippen LogP contribution in [0.2, 0.25) is 0 Å². The van der Waals surface area contributed by atoms with Gasteiger partial charge in [0.15, 0.2) is 0 Å². The molecule has 200 valence electrons. The molecule has 8 nitrogen and oxygen atoms in total. The van der Waals surface area contributed by atoms with Crippen molar-refractivity contribution in [3.8, 4) is 5.75 Å². The Kier molecular flexibility index (Phi) is 7.79. The molecule has 4 rings (SSSR count). The summed E-state index contributed by atoms with van der Waals surface area (Å²) in [5.41, 5.74) is -0.297. The van der Waals surface area contributed by atoms with Gasteiger partial charge in [-0.1, -0.05) is 12.1 Å². The number of thiophene rings is 1. The molecule has 0 radical (unpaired) electrons. The standard InChI is InChI=1S/C25H28F3N3O5S/c1-15-19-21(33)30(13-7-16-3-5-18(36-2)6-4-16)24(35)31(14-10-25(26,27)28)23(19)37-20(15)22(34)29-11-8-17(32)9-12-29/h3-6,17,32H,7-14H2,1-2H3. The number of hydrogen-bond donors (Lipinski definition) is 1. The van der Waals surface area contributed by atoms with Crippen LogP contribution in [0, 0.1) is 6.92 Å². The number of piperidine rings is 1. The molecule has 0 bridgehead atoms. The van der Waals surface area contributed by atoms with Crippen molar-refractivity contribution in [3.05, 3.63) is 61.1 Å². The van der Waals surface area contributed by atoms with E-state index in [0.29, 0.717) is 43.7 Å². The number of fused-ring (bicyclic) bond motifs is 1. The van der Waals surface area contributed by atoms with E-state index < -0.39 is 36.5 Å². The summed E-state index contributed by atoms with van der Waals surface area (Å²) >= 11 is 0.874. The van der Waals surface area contributed by atoms with E-state index in [1.807, 2.05) is 0 Å². The number of aromatic nitrogens is 2.